The monoisotopic (exact) mass is 435 g/mol. The maximum atomic E-state index is 2.60. The van der Waals surface area contributed by atoms with Crippen molar-refractivity contribution in [1.29, 1.82) is 0 Å². The first-order chi connectivity index (χ1) is 15.1. The molecule has 0 amide bonds. The van der Waals surface area contributed by atoms with E-state index in [4.69, 9.17) is 0 Å². The molecular formula is C29H31N2Si+. The molecule has 0 radical (unpaired) electrons. The Morgan fingerprint density at radius 2 is 1.50 bits per heavy atom. The van der Waals surface area contributed by atoms with Gasteiger partial charge >= 0.3 is 0 Å². The molecule has 0 fully saturated rings. The van der Waals surface area contributed by atoms with Gasteiger partial charge in [0.2, 0.25) is 5.52 Å². The van der Waals surface area contributed by atoms with Crippen LogP contribution in [0.25, 0.3) is 49.0 Å². The molecule has 0 atom stereocenters. The van der Waals surface area contributed by atoms with Gasteiger partial charge in [-0.05, 0) is 68.0 Å². The Bertz CT molecular complexity index is 1750. The first-order valence-electron chi connectivity index (χ1n) is 11.6. The van der Waals surface area contributed by atoms with Gasteiger partial charge in [0, 0.05) is 16.8 Å². The third-order valence-corrected chi connectivity index (χ3v) is 9.58. The highest BCUT2D eigenvalue weighted by Crippen LogP contribution is 2.42. The van der Waals surface area contributed by atoms with E-state index < -0.39 is 8.07 Å². The summed E-state index contributed by atoms with van der Waals surface area (Å²) in [5.41, 5.74) is 10.9. The molecule has 3 heteroatoms. The lowest BCUT2D eigenvalue weighted by Crippen LogP contribution is -2.38. The quantitative estimate of drug-likeness (QED) is 0.119. The van der Waals surface area contributed by atoms with Crippen LogP contribution in [-0.2, 0) is 7.05 Å². The number of hydrogen-bond donors (Lipinski definition) is 0. The van der Waals surface area contributed by atoms with Crippen LogP contribution in [0.5, 0.6) is 0 Å². The molecule has 0 N–H and O–H groups in total. The van der Waals surface area contributed by atoms with Crippen molar-refractivity contribution in [3.05, 3.63) is 64.8 Å². The second-order valence-corrected chi connectivity index (χ2v) is 16.0. The van der Waals surface area contributed by atoms with Gasteiger partial charge in [-0.15, -0.1) is 0 Å². The zero-order valence-electron chi connectivity index (χ0n) is 20.4. The number of pyridine rings is 2. The summed E-state index contributed by atoms with van der Waals surface area (Å²) in [5, 5.41) is 8.42. The summed E-state index contributed by atoms with van der Waals surface area (Å²) in [4.78, 5) is 0. The number of aromatic nitrogens is 2. The number of fused-ring (bicyclic) bond motifs is 5. The number of benzene rings is 3. The molecule has 0 aliphatic rings. The van der Waals surface area contributed by atoms with E-state index in [2.05, 4.69) is 106 Å². The molecule has 0 unspecified atom stereocenters. The second kappa shape index (κ2) is 6.11. The standard InChI is InChI=1S/C29H31N2Si/c1-16-11-18(3)27-22(12-16)23-13-17(2)19(4)25-28(23)31(27)24-15-21(32(6,7)8)14-20-9-10-30(5)29(25)26(20)24/h9-15H,1-8H3/q+1. The molecule has 3 heterocycles. The highest BCUT2D eigenvalue weighted by atomic mass is 28.3. The molecule has 32 heavy (non-hydrogen) atoms. The van der Waals surface area contributed by atoms with Crippen LogP contribution in [0, 0.1) is 27.7 Å². The normalized spacial score (nSPS) is 13.0. The summed E-state index contributed by atoms with van der Waals surface area (Å²) in [7, 11) is 0.711. The van der Waals surface area contributed by atoms with E-state index in [0.29, 0.717) is 0 Å². The molecule has 0 saturated heterocycles. The highest BCUT2D eigenvalue weighted by molar-refractivity contribution is 6.89. The minimum absolute atomic E-state index is 1.33. The number of aryl methyl sites for hydroxylation is 5. The fourth-order valence-electron chi connectivity index (χ4n) is 5.84. The third kappa shape index (κ3) is 2.38. The summed E-state index contributed by atoms with van der Waals surface area (Å²) in [5.74, 6) is 0. The van der Waals surface area contributed by atoms with Crippen LogP contribution in [0.2, 0.25) is 19.6 Å². The summed E-state index contributed by atoms with van der Waals surface area (Å²) >= 11 is 0. The van der Waals surface area contributed by atoms with E-state index in [1.807, 2.05) is 0 Å². The summed E-state index contributed by atoms with van der Waals surface area (Å²) in [6.07, 6.45) is 2.25. The fourth-order valence-corrected chi connectivity index (χ4v) is 6.99. The number of nitrogens with zero attached hydrogens (tertiary/aromatic N) is 2. The molecule has 0 bridgehead atoms. The Morgan fingerprint density at radius 1 is 0.781 bits per heavy atom. The summed E-state index contributed by atoms with van der Waals surface area (Å²) < 4.78 is 4.93. The zero-order chi connectivity index (χ0) is 22.7. The predicted molar refractivity (Wildman–Crippen MR) is 142 cm³/mol. The second-order valence-electron chi connectivity index (χ2n) is 10.9. The predicted octanol–water partition coefficient (Wildman–Crippen LogP) is 6.59. The van der Waals surface area contributed by atoms with Crippen LogP contribution in [0.15, 0.2) is 42.6 Å². The maximum Gasteiger partial charge on any atom is 0.224 e. The van der Waals surface area contributed by atoms with E-state index in [9.17, 15) is 0 Å². The van der Waals surface area contributed by atoms with Crippen molar-refractivity contribution in [2.24, 2.45) is 7.05 Å². The lowest BCUT2D eigenvalue weighted by atomic mass is 9.96. The summed E-state index contributed by atoms with van der Waals surface area (Å²) in [6, 6.07) is 14.4. The Kier molecular flexibility index (Phi) is 3.77. The molecule has 3 aromatic heterocycles. The Hall–Kier alpha value is -2.91. The van der Waals surface area contributed by atoms with Crippen molar-refractivity contribution in [2.75, 3.05) is 0 Å². The smallest absolute Gasteiger partial charge is 0.224 e. The zero-order valence-corrected chi connectivity index (χ0v) is 21.4. The van der Waals surface area contributed by atoms with Crippen molar-refractivity contribution in [3.8, 4) is 0 Å². The third-order valence-electron chi connectivity index (χ3n) is 7.56. The van der Waals surface area contributed by atoms with Gasteiger partial charge in [-0.2, -0.15) is 0 Å². The van der Waals surface area contributed by atoms with E-state index in [1.54, 1.807) is 0 Å². The molecule has 0 aliphatic heterocycles. The van der Waals surface area contributed by atoms with Gasteiger partial charge in [-0.25, -0.2) is 4.57 Å². The SMILES string of the molecule is Cc1cc(C)c2c(c1)c1cc(C)c(C)c3c1n2c1cc([Si](C)(C)C)cc2cc[n+](C)c3c21. The molecule has 2 nitrogen and oxygen atoms in total. The average Bonchev–Trinajstić information content (AvgIpc) is 3.03. The van der Waals surface area contributed by atoms with E-state index in [0.717, 1.165) is 0 Å². The van der Waals surface area contributed by atoms with Crippen LogP contribution < -0.4 is 9.75 Å². The fraction of sp³-hybridized carbons (Fsp3) is 0.276. The largest absolute Gasteiger partial charge is 0.307 e. The Labute approximate surface area is 190 Å². The number of rotatable bonds is 1. The molecule has 0 saturated carbocycles. The van der Waals surface area contributed by atoms with Gasteiger partial charge in [0.1, 0.15) is 7.05 Å². The van der Waals surface area contributed by atoms with Gasteiger partial charge in [-0.1, -0.05) is 42.5 Å². The lowest BCUT2D eigenvalue weighted by molar-refractivity contribution is -0.643. The van der Waals surface area contributed by atoms with Crippen molar-refractivity contribution in [2.45, 2.75) is 47.3 Å². The van der Waals surface area contributed by atoms with Crippen LogP contribution in [0.3, 0.4) is 0 Å². The van der Waals surface area contributed by atoms with Crippen molar-refractivity contribution in [1.82, 2.24) is 4.40 Å². The Morgan fingerprint density at radius 3 is 2.22 bits per heavy atom. The van der Waals surface area contributed by atoms with Crippen LogP contribution in [-0.4, -0.2) is 12.5 Å². The van der Waals surface area contributed by atoms with Crippen LogP contribution in [0.1, 0.15) is 22.3 Å². The molecule has 6 aromatic rings. The van der Waals surface area contributed by atoms with Gasteiger partial charge < -0.3 is 4.40 Å². The van der Waals surface area contributed by atoms with E-state index in [-0.39, 0.29) is 0 Å². The van der Waals surface area contributed by atoms with Gasteiger partial charge in [-0.3, -0.25) is 0 Å². The molecule has 0 spiro atoms. The molecule has 6 rings (SSSR count). The molecular weight excluding hydrogens is 404 g/mol. The van der Waals surface area contributed by atoms with Gasteiger partial charge in [0.05, 0.1) is 35.4 Å². The molecule has 160 valence electrons. The average molecular weight is 436 g/mol. The van der Waals surface area contributed by atoms with Crippen LogP contribution >= 0.6 is 0 Å². The van der Waals surface area contributed by atoms with Crippen LogP contribution in [0.4, 0.5) is 0 Å². The minimum Gasteiger partial charge on any atom is -0.307 e. The lowest BCUT2D eigenvalue weighted by Gasteiger charge is -2.20. The van der Waals surface area contributed by atoms with Crippen molar-refractivity contribution < 1.29 is 4.57 Å². The molecule has 0 aliphatic carbocycles. The van der Waals surface area contributed by atoms with E-state index in [1.165, 1.54) is 76.4 Å². The first-order valence-corrected chi connectivity index (χ1v) is 15.1. The topological polar surface area (TPSA) is 8.29 Å². The van der Waals surface area contributed by atoms with Crippen molar-refractivity contribution >= 4 is 62.3 Å². The van der Waals surface area contributed by atoms with Gasteiger partial charge in [0.25, 0.3) is 0 Å². The maximum absolute atomic E-state index is 2.60. The number of hydrogen-bond acceptors (Lipinski definition) is 0. The Balaban J connectivity index is 2.10. The first kappa shape index (κ1) is 19.7. The summed E-state index contributed by atoms with van der Waals surface area (Å²) in [6.45, 7) is 16.4. The van der Waals surface area contributed by atoms with Gasteiger partial charge in [0.15, 0.2) is 6.20 Å². The highest BCUT2D eigenvalue weighted by Gasteiger charge is 2.27. The van der Waals surface area contributed by atoms with E-state index >= 15 is 0 Å². The molecule has 3 aromatic carbocycles. The van der Waals surface area contributed by atoms with Crippen molar-refractivity contribution in [3.63, 3.8) is 0 Å². The minimum atomic E-state index is -1.49.